The van der Waals surface area contributed by atoms with Gasteiger partial charge in [0.2, 0.25) is 0 Å². The van der Waals surface area contributed by atoms with E-state index in [2.05, 4.69) is 27.8 Å². The van der Waals surface area contributed by atoms with Gasteiger partial charge in [-0.25, -0.2) is 4.39 Å². The van der Waals surface area contributed by atoms with Crippen LogP contribution in [0.3, 0.4) is 0 Å². The van der Waals surface area contributed by atoms with Crippen LogP contribution in [0.15, 0.2) is 18.5 Å². The van der Waals surface area contributed by atoms with Crippen molar-refractivity contribution in [2.45, 2.75) is 19.4 Å². The number of hydrogen-bond acceptors (Lipinski definition) is 2. The molecule has 2 atom stereocenters. The van der Waals surface area contributed by atoms with Gasteiger partial charge in [-0.3, -0.25) is 9.78 Å². The molecule has 0 N–H and O–H groups in total. The van der Waals surface area contributed by atoms with Crippen LogP contribution >= 0.6 is 15.9 Å². The van der Waals surface area contributed by atoms with Crippen molar-refractivity contribution in [1.29, 1.82) is 0 Å². The molecule has 1 fully saturated rings. The monoisotopic (exact) mass is 300 g/mol. The van der Waals surface area contributed by atoms with Gasteiger partial charge >= 0.3 is 0 Å². The summed E-state index contributed by atoms with van der Waals surface area (Å²) in [5.41, 5.74) is 0.111. The van der Waals surface area contributed by atoms with Crippen molar-refractivity contribution in [3.05, 3.63) is 29.8 Å². The fraction of sp³-hybridized carbons (Fsp3) is 0.500. The van der Waals surface area contributed by atoms with Gasteiger partial charge in [-0.2, -0.15) is 0 Å². The van der Waals surface area contributed by atoms with E-state index < -0.39 is 5.82 Å². The third-order valence-electron chi connectivity index (χ3n) is 3.30. The first-order valence-corrected chi connectivity index (χ1v) is 6.73. The van der Waals surface area contributed by atoms with Gasteiger partial charge in [0.05, 0.1) is 11.8 Å². The van der Waals surface area contributed by atoms with Crippen LogP contribution in [0.25, 0.3) is 0 Å². The zero-order chi connectivity index (χ0) is 12.4. The highest BCUT2D eigenvalue weighted by Crippen LogP contribution is 2.27. The molecule has 92 valence electrons. The van der Waals surface area contributed by atoms with Gasteiger partial charge in [0.1, 0.15) is 0 Å². The lowest BCUT2D eigenvalue weighted by Crippen LogP contribution is -2.39. The molecule has 0 aromatic carbocycles. The Balaban J connectivity index is 2.24. The second kappa shape index (κ2) is 5.12. The minimum absolute atomic E-state index is 0.111. The van der Waals surface area contributed by atoms with E-state index >= 15 is 0 Å². The number of aromatic nitrogens is 1. The number of nitrogens with zero attached hydrogens (tertiary/aromatic N) is 2. The summed E-state index contributed by atoms with van der Waals surface area (Å²) in [6.45, 7) is 2.81. The number of halogens is 2. The number of amides is 1. The second-order valence-electron chi connectivity index (χ2n) is 4.34. The Labute approximate surface area is 108 Å². The lowest BCUT2D eigenvalue weighted by atomic mass is 10.0. The molecule has 1 saturated heterocycles. The SMILES string of the molecule is CC1CCN(C(=O)c2ccncc2F)C1CBr. The molecule has 2 rings (SSSR count). The van der Waals surface area contributed by atoms with Crippen molar-refractivity contribution >= 4 is 21.8 Å². The molecular weight excluding hydrogens is 287 g/mol. The van der Waals surface area contributed by atoms with Gasteiger partial charge < -0.3 is 4.90 Å². The number of hydrogen-bond donors (Lipinski definition) is 0. The molecule has 17 heavy (non-hydrogen) atoms. The Hall–Kier alpha value is -0.970. The molecule has 2 heterocycles. The van der Waals surface area contributed by atoms with Gasteiger partial charge in [-0.15, -0.1) is 0 Å². The summed E-state index contributed by atoms with van der Waals surface area (Å²) in [5.74, 6) is -0.340. The summed E-state index contributed by atoms with van der Waals surface area (Å²) in [4.78, 5) is 17.6. The van der Waals surface area contributed by atoms with Crippen molar-refractivity contribution in [1.82, 2.24) is 9.88 Å². The van der Waals surface area contributed by atoms with E-state index in [1.165, 1.54) is 12.3 Å². The van der Waals surface area contributed by atoms with Crippen molar-refractivity contribution in [3.8, 4) is 0 Å². The minimum Gasteiger partial charge on any atom is -0.334 e. The molecule has 0 saturated carbocycles. The topological polar surface area (TPSA) is 33.2 Å². The van der Waals surface area contributed by atoms with Crippen LogP contribution in [-0.4, -0.2) is 33.7 Å². The molecule has 0 spiro atoms. The lowest BCUT2D eigenvalue weighted by Gasteiger charge is -2.25. The normalized spacial score (nSPS) is 24.1. The first kappa shape index (κ1) is 12.5. The van der Waals surface area contributed by atoms with E-state index in [0.29, 0.717) is 12.5 Å². The molecule has 1 aromatic rings. The van der Waals surface area contributed by atoms with Crippen LogP contribution in [0.1, 0.15) is 23.7 Å². The Morgan fingerprint density at radius 3 is 3.12 bits per heavy atom. The Morgan fingerprint density at radius 2 is 2.47 bits per heavy atom. The van der Waals surface area contributed by atoms with Crippen molar-refractivity contribution in [2.24, 2.45) is 5.92 Å². The predicted octanol–water partition coefficient (Wildman–Crippen LogP) is 2.47. The fourth-order valence-corrected chi connectivity index (χ4v) is 3.19. The molecule has 5 heteroatoms. The highest BCUT2D eigenvalue weighted by molar-refractivity contribution is 9.09. The average molecular weight is 301 g/mol. The quantitative estimate of drug-likeness (QED) is 0.786. The molecule has 0 aliphatic carbocycles. The van der Waals surface area contributed by atoms with Gasteiger partial charge in [-0.1, -0.05) is 22.9 Å². The van der Waals surface area contributed by atoms with Crippen molar-refractivity contribution < 1.29 is 9.18 Å². The van der Waals surface area contributed by atoms with Crippen LogP contribution in [-0.2, 0) is 0 Å². The van der Waals surface area contributed by atoms with E-state index in [9.17, 15) is 9.18 Å². The third-order valence-corrected chi connectivity index (χ3v) is 3.97. The molecule has 1 aliphatic heterocycles. The highest BCUT2D eigenvalue weighted by atomic mass is 79.9. The highest BCUT2D eigenvalue weighted by Gasteiger charge is 2.34. The zero-order valence-electron chi connectivity index (χ0n) is 9.57. The molecule has 1 aliphatic rings. The number of rotatable bonds is 2. The minimum atomic E-state index is -0.551. The maximum absolute atomic E-state index is 13.5. The number of likely N-dealkylation sites (tertiary alicyclic amines) is 1. The molecule has 1 amide bonds. The van der Waals surface area contributed by atoms with Crippen molar-refractivity contribution in [2.75, 3.05) is 11.9 Å². The maximum Gasteiger partial charge on any atom is 0.257 e. The predicted molar refractivity (Wildman–Crippen MR) is 66.6 cm³/mol. The summed E-state index contributed by atoms with van der Waals surface area (Å²) in [5, 5.41) is 0.729. The van der Waals surface area contributed by atoms with E-state index in [4.69, 9.17) is 0 Å². The third kappa shape index (κ3) is 2.34. The smallest absolute Gasteiger partial charge is 0.257 e. The Morgan fingerprint density at radius 1 is 1.71 bits per heavy atom. The first-order valence-electron chi connectivity index (χ1n) is 5.61. The molecule has 0 bridgehead atoms. The molecule has 3 nitrogen and oxygen atoms in total. The van der Waals surface area contributed by atoms with E-state index in [0.717, 1.165) is 17.9 Å². The second-order valence-corrected chi connectivity index (χ2v) is 4.99. The van der Waals surface area contributed by atoms with Crippen molar-refractivity contribution in [3.63, 3.8) is 0 Å². The first-order chi connectivity index (χ1) is 8.15. The molecule has 0 radical (unpaired) electrons. The van der Waals surface area contributed by atoms with Gasteiger partial charge in [-0.05, 0) is 18.4 Å². The van der Waals surface area contributed by atoms with Crippen LogP contribution in [0.2, 0.25) is 0 Å². The fourth-order valence-electron chi connectivity index (χ4n) is 2.20. The lowest BCUT2D eigenvalue weighted by molar-refractivity contribution is 0.0733. The summed E-state index contributed by atoms with van der Waals surface area (Å²) in [6.07, 6.45) is 3.49. The summed E-state index contributed by atoms with van der Waals surface area (Å²) in [6, 6.07) is 1.58. The van der Waals surface area contributed by atoms with Gasteiger partial charge in [0, 0.05) is 24.1 Å². The van der Waals surface area contributed by atoms with E-state index in [1.54, 1.807) is 4.90 Å². The Kier molecular flexibility index (Phi) is 3.76. The maximum atomic E-state index is 13.5. The van der Waals surface area contributed by atoms with E-state index in [1.807, 2.05) is 0 Å². The van der Waals surface area contributed by atoms with E-state index in [-0.39, 0.29) is 17.5 Å². The standard InChI is InChI=1S/C12H14BrFN2O/c1-8-3-5-16(11(8)6-13)12(17)9-2-4-15-7-10(9)14/h2,4,7-8,11H,3,5-6H2,1H3. The van der Waals surface area contributed by atoms with Gasteiger partial charge in [0.15, 0.2) is 5.82 Å². The number of carbonyl (C=O) groups is 1. The molecular formula is C12H14BrFN2O. The summed E-state index contributed by atoms with van der Waals surface area (Å²) in [7, 11) is 0. The Bertz CT molecular complexity index is 427. The van der Waals surface area contributed by atoms with Crippen LogP contribution in [0.5, 0.6) is 0 Å². The molecule has 2 unspecified atom stereocenters. The summed E-state index contributed by atoms with van der Waals surface area (Å²) < 4.78 is 13.5. The van der Waals surface area contributed by atoms with Crippen LogP contribution < -0.4 is 0 Å². The average Bonchev–Trinajstić information content (AvgIpc) is 2.70. The van der Waals surface area contributed by atoms with Gasteiger partial charge in [0.25, 0.3) is 5.91 Å². The largest absolute Gasteiger partial charge is 0.334 e. The summed E-state index contributed by atoms with van der Waals surface area (Å²) >= 11 is 3.42. The molecule has 1 aromatic heterocycles. The zero-order valence-corrected chi connectivity index (χ0v) is 11.2. The van der Waals surface area contributed by atoms with Crippen LogP contribution in [0.4, 0.5) is 4.39 Å². The number of carbonyl (C=O) groups excluding carboxylic acids is 1. The number of pyridine rings is 1. The van der Waals surface area contributed by atoms with Crippen LogP contribution in [0, 0.1) is 11.7 Å². The number of alkyl halides is 1.